The van der Waals surface area contributed by atoms with E-state index in [4.69, 9.17) is 0 Å². The minimum atomic E-state index is -5.28. The molecule has 0 atom stereocenters. The van der Waals surface area contributed by atoms with Crippen molar-refractivity contribution in [3.8, 4) is 0 Å². The van der Waals surface area contributed by atoms with Crippen molar-refractivity contribution >= 4 is 0 Å². The SMILES string of the molecule is Fc1nc(F)c(C(F)(F)F)c(F)n1. The topological polar surface area (TPSA) is 25.8 Å². The van der Waals surface area contributed by atoms with Crippen LogP contribution in [0.1, 0.15) is 5.56 Å². The summed E-state index contributed by atoms with van der Waals surface area (Å²) < 4.78 is 71.7. The highest BCUT2D eigenvalue weighted by atomic mass is 19.4. The quantitative estimate of drug-likeness (QED) is 0.365. The van der Waals surface area contributed by atoms with Crippen LogP contribution in [0.15, 0.2) is 0 Å². The number of aromatic nitrogens is 2. The molecule has 13 heavy (non-hydrogen) atoms. The molecule has 1 heterocycles. The number of hydrogen-bond donors (Lipinski definition) is 0. The van der Waals surface area contributed by atoms with E-state index in [1.807, 2.05) is 0 Å². The highest BCUT2D eigenvalue weighted by Gasteiger charge is 2.40. The van der Waals surface area contributed by atoms with E-state index < -0.39 is 29.7 Å². The van der Waals surface area contributed by atoms with Gasteiger partial charge in [0.1, 0.15) is 0 Å². The van der Waals surface area contributed by atoms with Crippen LogP contribution in [-0.2, 0) is 6.18 Å². The summed E-state index contributed by atoms with van der Waals surface area (Å²) in [5.41, 5.74) is -2.30. The molecule has 2 nitrogen and oxygen atoms in total. The van der Waals surface area contributed by atoms with Crippen molar-refractivity contribution in [1.82, 2.24) is 9.97 Å². The van der Waals surface area contributed by atoms with Gasteiger partial charge in [-0.15, -0.1) is 0 Å². The van der Waals surface area contributed by atoms with Crippen molar-refractivity contribution in [2.24, 2.45) is 0 Å². The summed E-state index contributed by atoms with van der Waals surface area (Å²) in [5, 5.41) is 0. The van der Waals surface area contributed by atoms with Crippen LogP contribution in [-0.4, -0.2) is 9.97 Å². The van der Waals surface area contributed by atoms with Crippen LogP contribution >= 0.6 is 0 Å². The molecule has 0 amide bonds. The Morgan fingerprint density at radius 1 is 0.846 bits per heavy atom. The van der Waals surface area contributed by atoms with Crippen molar-refractivity contribution in [3.05, 3.63) is 23.5 Å². The van der Waals surface area contributed by atoms with Gasteiger partial charge in [-0.25, -0.2) is 0 Å². The van der Waals surface area contributed by atoms with Crippen LogP contribution < -0.4 is 0 Å². The summed E-state index contributed by atoms with van der Waals surface area (Å²) in [7, 11) is 0. The first kappa shape index (κ1) is 9.75. The van der Waals surface area contributed by atoms with Crippen LogP contribution in [0.4, 0.5) is 26.3 Å². The molecule has 0 N–H and O–H groups in total. The lowest BCUT2D eigenvalue weighted by atomic mass is 10.3. The van der Waals surface area contributed by atoms with E-state index in [0.29, 0.717) is 0 Å². The Balaban J connectivity index is 3.38. The zero-order valence-corrected chi connectivity index (χ0v) is 5.66. The minimum Gasteiger partial charge on any atom is -0.184 e. The summed E-state index contributed by atoms with van der Waals surface area (Å²) in [6.07, 6.45) is -7.16. The van der Waals surface area contributed by atoms with Gasteiger partial charge in [0.2, 0.25) is 11.9 Å². The lowest BCUT2D eigenvalue weighted by Crippen LogP contribution is -2.15. The number of alkyl halides is 3. The van der Waals surface area contributed by atoms with Crippen LogP contribution in [0, 0.1) is 18.0 Å². The van der Waals surface area contributed by atoms with Gasteiger partial charge in [0.05, 0.1) is 0 Å². The Bertz CT molecular complexity index is 309. The molecule has 0 aromatic carbocycles. The predicted molar refractivity (Wildman–Crippen MR) is 26.9 cm³/mol. The molecule has 1 aromatic heterocycles. The molecule has 0 bridgehead atoms. The first-order valence-electron chi connectivity index (χ1n) is 2.78. The van der Waals surface area contributed by atoms with Gasteiger partial charge in [0.25, 0.3) is 0 Å². The summed E-state index contributed by atoms with van der Waals surface area (Å²) in [6.45, 7) is 0. The summed E-state index contributed by atoms with van der Waals surface area (Å²) in [5.74, 6) is -4.53. The lowest BCUT2D eigenvalue weighted by Gasteiger charge is -2.06. The largest absolute Gasteiger partial charge is 0.425 e. The molecular weight excluding hydrogens is 202 g/mol. The van der Waals surface area contributed by atoms with E-state index in [2.05, 4.69) is 9.97 Å². The van der Waals surface area contributed by atoms with E-state index >= 15 is 0 Å². The first-order valence-corrected chi connectivity index (χ1v) is 2.78. The van der Waals surface area contributed by atoms with Crippen molar-refractivity contribution in [3.63, 3.8) is 0 Å². The van der Waals surface area contributed by atoms with Crippen LogP contribution in [0.25, 0.3) is 0 Å². The highest BCUT2D eigenvalue weighted by molar-refractivity contribution is 5.11. The summed E-state index contributed by atoms with van der Waals surface area (Å²) in [6, 6.07) is 0. The Morgan fingerprint density at radius 3 is 1.54 bits per heavy atom. The summed E-state index contributed by atoms with van der Waals surface area (Å²) >= 11 is 0. The van der Waals surface area contributed by atoms with Gasteiger partial charge < -0.3 is 0 Å². The maximum atomic E-state index is 12.3. The van der Waals surface area contributed by atoms with Crippen molar-refractivity contribution in [2.45, 2.75) is 6.18 Å². The number of hydrogen-bond acceptors (Lipinski definition) is 2. The summed E-state index contributed by atoms with van der Waals surface area (Å²) in [4.78, 5) is 4.19. The third-order valence-corrected chi connectivity index (χ3v) is 1.08. The minimum absolute atomic E-state index is 1.89. The van der Waals surface area contributed by atoms with Gasteiger partial charge in [-0.05, 0) is 0 Å². The normalized spacial score (nSPS) is 11.8. The molecule has 8 heteroatoms. The zero-order valence-electron chi connectivity index (χ0n) is 5.66. The molecule has 0 saturated heterocycles. The predicted octanol–water partition coefficient (Wildman–Crippen LogP) is 1.91. The van der Waals surface area contributed by atoms with Crippen LogP contribution in [0.2, 0.25) is 0 Å². The maximum absolute atomic E-state index is 12.3. The van der Waals surface area contributed by atoms with Crippen molar-refractivity contribution in [2.75, 3.05) is 0 Å². The van der Waals surface area contributed by atoms with Crippen LogP contribution in [0.3, 0.4) is 0 Å². The zero-order chi connectivity index (χ0) is 10.2. The molecule has 0 unspecified atom stereocenters. The van der Waals surface area contributed by atoms with Gasteiger partial charge in [-0.3, -0.25) is 0 Å². The molecule has 0 saturated carbocycles. The van der Waals surface area contributed by atoms with Gasteiger partial charge in [-0.1, -0.05) is 0 Å². The molecule has 0 spiro atoms. The average Bonchev–Trinajstić information content (AvgIpc) is 1.78. The second-order valence-corrected chi connectivity index (χ2v) is 1.95. The molecular formula is C5F6N2. The van der Waals surface area contributed by atoms with Gasteiger partial charge in [0, 0.05) is 0 Å². The van der Waals surface area contributed by atoms with Gasteiger partial charge in [-0.2, -0.15) is 36.3 Å². The second kappa shape index (κ2) is 2.86. The fourth-order valence-corrected chi connectivity index (χ4v) is 0.618. The van der Waals surface area contributed by atoms with Gasteiger partial charge in [0.15, 0.2) is 5.56 Å². The number of nitrogens with zero attached hydrogens (tertiary/aromatic N) is 2. The maximum Gasteiger partial charge on any atom is 0.425 e. The second-order valence-electron chi connectivity index (χ2n) is 1.95. The van der Waals surface area contributed by atoms with E-state index in [-0.39, 0.29) is 0 Å². The van der Waals surface area contributed by atoms with Crippen molar-refractivity contribution in [1.29, 1.82) is 0 Å². The van der Waals surface area contributed by atoms with E-state index in [1.165, 1.54) is 0 Å². The fourth-order valence-electron chi connectivity index (χ4n) is 0.618. The molecule has 1 aromatic rings. The number of halogens is 6. The van der Waals surface area contributed by atoms with E-state index in [0.717, 1.165) is 0 Å². The standard InChI is InChI=1S/C5F6N2/c6-2-1(5(9,10)11)3(7)13-4(8)12-2. The monoisotopic (exact) mass is 202 g/mol. The smallest absolute Gasteiger partial charge is 0.184 e. The molecule has 72 valence electrons. The molecule has 0 radical (unpaired) electrons. The third-order valence-electron chi connectivity index (χ3n) is 1.08. The lowest BCUT2D eigenvalue weighted by molar-refractivity contribution is -0.143. The molecule has 0 aliphatic carbocycles. The third kappa shape index (κ3) is 1.87. The average molecular weight is 202 g/mol. The van der Waals surface area contributed by atoms with E-state index in [1.54, 1.807) is 0 Å². The van der Waals surface area contributed by atoms with Crippen molar-refractivity contribution < 1.29 is 26.3 Å². The molecule has 0 aliphatic heterocycles. The molecule has 1 rings (SSSR count). The van der Waals surface area contributed by atoms with Gasteiger partial charge >= 0.3 is 12.3 Å². The van der Waals surface area contributed by atoms with E-state index in [9.17, 15) is 26.3 Å². The Labute approximate surface area is 67.2 Å². The highest BCUT2D eigenvalue weighted by Crippen LogP contribution is 2.31. The number of rotatable bonds is 0. The first-order chi connectivity index (χ1) is 5.82. The Morgan fingerprint density at radius 2 is 1.23 bits per heavy atom. The molecule has 0 aliphatic rings. The molecule has 0 fully saturated rings. The Hall–Kier alpha value is -1.34. The Kier molecular flexibility index (Phi) is 2.14. The fraction of sp³-hybridized carbons (Fsp3) is 0.200. The van der Waals surface area contributed by atoms with Crippen LogP contribution in [0.5, 0.6) is 0 Å².